The van der Waals surface area contributed by atoms with Crippen molar-refractivity contribution in [1.82, 2.24) is 20.2 Å². The van der Waals surface area contributed by atoms with E-state index in [4.69, 9.17) is 0 Å². The summed E-state index contributed by atoms with van der Waals surface area (Å²) in [4.78, 5) is 11.2. The van der Waals surface area contributed by atoms with Crippen LogP contribution in [-0.2, 0) is 6.42 Å². The lowest BCUT2D eigenvalue weighted by Crippen LogP contribution is -2.43. The Kier molecular flexibility index (Phi) is 3.67. The molecule has 2 aromatic heterocycles. The lowest BCUT2D eigenvalue weighted by Gasteiger charge is -2.36. The minimum atomic E-state index is -1.15. The molecule has 0 bridgehead atoms. The van der Waals surface area contributed by atoms with Crippen LogP contribution in [0.5, 0.6) is 0 Å². The van der Waals surface area contributed by atoms with E-state index in [-0.39, 0.29) is 0 Å². The molecule has 5 nitrogen and oxygen atoms in total. The van der Waals surface area contributed by atoms with Crippen molar-refractivity contribution < 1.29 is 4.39 Å². The molecule has 0 spiro atoms. The van der Waals surface area contributed by atoms with Crippen molar-refractivity contribution in [2.24, 2.45) is 0 Å². The van der Waals surface area contributed by atoms with E-state index in [1.165, 1.54) is 0 Å². The zero-order valence-electron chi connectivity index (χ0n) is 13.7. The van der Waals surface area contributed by atoms with Gasteiger partial charge in [-0.3, -0.25) is 5.10 Å². The largest absolute Gasteiger partial charge is 0.341 e. The zero-order valence-corrected chi connectivity index (χ0v) is 13.7. The van der Waals surface area contributed by atoms with E-state index in [1.54, 1.807) is 6.20 Å². The number of hydrogen-bond donors (Lipinski definition) is 1. The SMILES string of the molecule is Cc1nc(N2CCC(F)(Cc3ccccc3)CC2)nc2[nH]ncc12. The highest BCUT2D eigenvalue weighted by Gasteiger charge is 2.35. The van der Waals surface area contributed by atoms with Crippen molar-refractivity contribution in [3.05, 3.63) is 47.8 Å². The Hall–Kier alpha value is -2.50. The number of nitrogens with zero attached hydrogens (tertiary/aromatic N) is 4. The molecule has 4 rings (SSSR count). The molecule has 0 saturated carbocycles. The average molecular weight is 325 g/mol. The second-order valence-electron chi connectivity index (χ2n) is 6.54. The number of rotatable bonds is 3. The first-order chi connectivity index (χ1) is 11.6. The van der Waals surface area contributed by atoms with Gasteiger partial charge in [0.25, 0.3) is 0 Å². The maximum atomic E-state index is 15.1. The molecule has 1 N–H and O–H groups in total. The first-order valence-electron chi connectivity index (χ1n) is 8.28. The quantitative estimate of drug-likeness (QED) is 0.803. The third-order valence-electron chi connectivity index (χ3n) is 4.79. The maximum absolute atomic E-state index is 15.1. The summed E-state index contributed by atoms with van der Waals surface area (Å²) in [6.45, 7) is 3.20. The van der Waals surface area contributed by atoms with Crippen molar-refractivity contribution in [2.75, 3.05) is 18.0 Å². The number of halogens is 1. The van der Waals surface area contributed by atoms with E-state index >= 15 is 4.39 Å². The van der Waals surface area contributed by atoms with E-state index in [2.05, 4.69) is 25.1 Å². The predicted molar refractivity (Wildman–Crippen MR) is 91.9 cm³/mol. The second-order valence-corrected chi connectivity index (χ2v) is 6.54. The summed E-state index contributed by atoms with van der Waals surface area (Å²) in [6, 6.07) is 9.87. The van der Waals surface area contributed by atoms with Crippen LogP contribution in [0.2, 0.25) is 0 Å². The van der Waals surface area contributed by atoms with E-state index in [0.29, 0.717) is 38.3 Å². The number of H-pyrrole nitrogens is 1. The van der Waals surface area contributed by atoms with Crippen molar-refractivity contribution in [3.63, 3.8) is 0 Å². The van der Waals surface area contributed by atoms with Gasteiger partial charge in [0.1, 0.15) is 5.67 Å². The molecule has 6 heteroatoms. The summed E-state index contributed by atoms with van der Waals surface area (Å²) in [5.41, 5.74) is 1.54. The Bertz CT molecular complexity index is 837. The lowest BCUT2D eigenvalue weighted by atomic mass is 9.87. The number of hydrogen-bond acceptors (Lipinski definition) is 4. The summed E-state index contributed by atoms with van der Waals surface area (Å²) in [5, 5.41) is 7.83. The van der Waals surface area contributed by atoms with Crippen LogP contribution in [-0.4, -0.2) is 38.9 Å². The molecule has 1 aliphatic rings. The van der Waals surface area contributed by atoms with Gasteiger partial charge in [-0.15, -0.1) is 0 Å². The van der Waals surface area contributed by atoms with Gasteiger partial charge < -0.3 is 4.90 Å². The molecule has 3 aromatic rings. The molecule has 1 aliphatic heterocycles. The van der Waals surface area contributed by atoms with Crippen LogP contribution in [0.25, 0.3) is 11.0 Å². The van der Waals surface area contributed by atoms with Crippen molar-refractivity contribution >= 4 is 17.0 Å². The Morgan fingerprint density at radius 2 is 1.92 bits per heavy atom. The fourth-order valence-corrected chi connectivity index (χ4v) is 3.35. The molecule has 0 unspecified atom stereocenters. The normalized spacial score (nSPS) is 17.3. The number of benzene rings is 1. The highest BCUT2D eigenvalue weighted by Crippen LogP contribution is 2.32. The topological polar surface area (TPSA) is 57.7 Å². The summed E-state index contributed by atoms with van der Waals surface area (Å²) in [7, 11) is 0. The van der Waals surface area contributed by atoms with E-state index in [1.807, 2.05) is 37.3 Å². The Labute approximate surface area is 139 Å². The standard InChI is InChI=1S/C18H20FN5/c1-13-15-12-20-23-16(15)22-17(21-13)24-9-7-18(19,8-10-24)11-14-5-3-2-4-6-14/h2-6,12H,7-11H2,1H3,(H,20,21,22,23). The van der Waals surface area contributed by atoms with E-state index in [0.717, 1.165) is 22.3 Å². The maximum Gasteiger partial charge on any atom is 0.227 e. The number of anilines is 1. The Balaban J connectivity index is 1.48. The minimum Gasteiger partial charge on any atom is -0.341 e. The predicted octanol–water partition coefficient (Wildman–Crippen LogP) is 3.21. The van der Waals surface area contributed by atoms with Gasteiger partial charge in [0.05, 0.1) is 17.3 Å². The van der Waals surface area contributed by atoms with Crippen molar-refractivity contribution in [1.29, 1.82) is 0 Å². The summed E-state index contributed by atoms with van der Waals surface area (Å²) >= 11 is 0. The van der Waals surface area contributed by atoms with Crippen LogP contribution in [0.1, 0.15) is 24.1 Å². The molecule has 1 aromatic carbocycles. The van der Waals surface area contributed by atoms with Gasteiger partial charge in [0.15, 0.2) is 5.65 Å². The van der Waals surface area contributed by atoms with Crippen LogP contribution in [0.4, 0.5) is 10.3 Å². The van der Waals surface area contributed by atoms with Crippen molar-refractivity contribution in [3.8, 4) is 0 Å². The number of aryl methyl sites for hydroxylation is 1. The third-order valence-corrected chi connectivity index (χ3v) is 4.79. The monoisotopic (exact) mass is 325 g/mol. The fraction of sp³-hybridized carbons (Fsp3) is 0.389. The highest BCUT2D eigenvalue weighted by atomic mass is 19.1. The van der Waals surface area contributed by atoms with Crippen LogP contribution >= 0.6 is 0 Å². The van der Waals surface area contributed by atoms with Gasteiger partial charge in [-0.2, -0.15) is 10.1 Å². The molecular weight excluding hydrogens is 305 g/mol. The first-order valence-corrected chi connectivity index (χ1v) is 8.28. The first kappa shape index (κ1) is 15.1. The number of fused-ring (bicyclic) bond motifs is 1. The van der Waals surface area contributed by atoms with Crippen LogP contribution in [0, 0.1) is 6.92 Å². The average Bonchev–Trinajstić information content (AvgIpc) is 3.05. The fourth-order valence-electron chi connectivity index (χ4n) is 3.35. The smallest absolute Gasteiger partial charge is 0.227 e. The molecule has 124 valence electrons. The van der Waals surface area contributed by atoms with Crippen LogP contribution in [0.15, 0.2) is 36.5 Å². The van der Waals surface area contributed by atoms with Gasteiger partial charge in [0, 0.05) is 19.5 Å². The zero-order chi connectivity index (χ0) is 16.6. The molecule has 0 aliphatic carbocycles. The molecule has 3 heterocycles. The molecule has 0 amide bonds. The van der Waals surface area contributed by atoms with Gasteiger partial charge in [0.2, 0.25) is 5.95 Å². The van der Waals surface area contributed by atoms with Gasteiger partial charge >= 0.3 is 0 Å². The van der Waals surface area contributed by atoms with Crippen LogP contribution < -0.4 is 4.90 Å². The molecular formula is C18H20FN5. The van der Waals surface area contributed by atoms with Gasteiger partial charge in [-0.25, -0.2) is 9.37 Å². The molecule has 1 saturated heterocycles. The summed E-state index contributed by atoms with van der Waals surface area (Å²) in [5.74, 6) is 0.658. The Morgan fingerprint density at radius 1 is 1.17 bits per heavy atom. The molecule has 1 fully saturated rings. The molecule has 0 radical (unpaired) electrons. The lowest BCUT2D eigenvalue weighted by molar-refractivity contribution is 0.125. The molecule has 0 atom stereocenters. The number of nitrogens with one attached hydrogen (secondary N) is 1. The van der Waals surface area contributed by atoms with E-state index < -0.39 is 5.67 Å². The van der Waals surface area contributed by atoms with E-state index in [9.17, 15) is 0 Å². The highest BCUT2D eigenvalue weighted by molar-refractivity contribution is 5.77. The van der Waals surface area contributed by atoms with Crippen LogP contribution in [0.3, 0.4) is 0 Å². The van der Waals surface area contributed by atoms with Gasteiger partial charge in [-0.1, -0.05) is 30.3 Å². The number of aromatic nitrogens is 4. The van der Waals surface area contributed by atoms with Gasteiger partial charge in [-0.05, 0) is 25.3 Å². The molecule has 24 heavy (non-hydrogen) atoms. The second kappa shape index (κ2) is 5.85. The van der Waals surface area contributed by atoms with Crippen molar-refractivity contribution in [2.45, 2.75) is 31.9 Å². The summed E-state index contributed by atoms with van der Waals surface area (Å²) in [6.07, 6.45) is 3.19. The Morgan fingerprint density at radius 3 is 2.67 bits per heavy atom. The number of alkyl halides is 1. The minimum absolute atomic E-state index is 0.473. The third kappa shape index (κ3) is 2.84. The number of aromatic amines is 1. The number of piperidine rings is 1. The summed E-state index contributed by atoms with van der Waals surface area (Å²) < 4.78 is 15.1.